The van der Waals surface area contributed by atoms with Crippen LogP contribution in [0.2, 0.25) is 0 Å². The molecule has 0 aliphatic rings. The quantitative estimate of drug-likeness (QED) is 0.193. The first-order chi connectivity index (χ1) is 8.35. The molecular weight excluding hydrogens is 264 g/mol. The van der Waals surface area contributed by atoms with Gasteiger partial charge in [0.25, 0.3) is 0 Å². The van der Waals surface area contributed by atoms with Crippen molar-refractivity contribution in [2.45, 2.75) is 19.5 Å². The minimum absolute atomic E-state index is 0.153. The molecule has 0 aromatic carbocycles. The Hall–Kier alpha value is -0.563. The van der Waals surface area contributed by atoms with E-state index in [-0.39, 0.29) is 5.76 Å². The molecule has 0 heterocycles. The van der Waals surface area contributed by atoms with Gasteiger partial charge in [-0.1, -0.05) is 0 Å². The molecule has 0 amide bonds. The van der Waals surface area contributed by atoms with E-state index in [9.17, 15) is 0 Å². The third-order valence-electron chi connectivity index (χ3n) is 1.58. The molecule has 0 bridgehead atoms. The van der Waals surface area contributed by atoms with Gasteiger partial charge < -0.3 is 15.9 Å². The summed E-state index contributed by atoms with van der Waals surface area (Å²) in [7, 11) is -0.168. The first kappa shape index (κ1) is 17.4. The highest BCUT2D eigenvalue weighted by atomic mass is 28.4. The van der Waals surface area contributed by atoms with Crippen LogP contribution >= 0.6 is 0 Å². The molecule has 0 spiro atoms. The normalized spacial score (nSPS) is 13.8. The molecule has 10 heteroatoms. The van der Waals surface area contributed by atoms with Gasteiger partial charge in [0, 0.05) is 0 Å². The second kappa shape index (κ2) is 7.78. The second-order valence-electron chi connectivity index (χ2n) is 3.29. The predicted molar refractivity (Wildman–Crippen MR) is 61.7 cm³/mol. The van der Waals surface area contributed by atoms with Crippen LogP contribution in [0.25, 0.3) is 0 Å². The Balaban J connectivity index is 5.06. The van der Waals surface area contributed by atoms with E-state index in [4.69, 9.17) is 29.6 Å². The number of nitrogens with two attached hydrogens (primary N) is 2. The highest BCUT2D eigenvalue weighted by Gasteiger charge is 2.56. The average Bonchev–Trinajstić information content (AvgIpc) is 2.25. The molecule has 0 fully saturated rings. The third kappa shape index (κ3) is 5.39. The fourth-order valence-corrected chi connectivity index (χ4v) is 2.42. The fourth-order valence-electron chi connectivity index (χ4n) is 1.01. The lowest BCUT2D eigenvalue weighted by molar-refractivity contribution is -0.368. The average molecular weight is 284 g/mol. The van der Waals surface area contributed by atoms with Crippen LogP contribution in [0, 0.1) is 0 Å². The maximum absolute atomic E-state index is 5.70. The van der Waals surface area contributed by atoms with Crippen LogP contribution in [0.1, 0.15) is 13.8 Å². The maximum Gasteiger partial charge on any atom is 0.834 e. The zero-order valence-corrected chi connectivity index (χ0v) is 12.1. The summed E-state index contributed by atoms with van der Waals surface area (Å²) in [5.41, 5.74) is 10.1. The minimum Gasteiger partial charge on any atom is -0.477 e. The van der Waals surface area contributed by atoms with Gasteiger partial charge >= 0.3 is 9.05 Å². The highest BCUT2D eigenvalue weighted by molar-refractivity contribution is 6.53. The number of rotatable bonds is 9. The van der Waals surface area contributed by atoms with Crippen LogP contribution in [0.5, 0.6) is 0 Å². The van der Waals surface area contributed by atoms with Crippen molar-refractivity contribution in [3.05, 3.63) is 11.8 Å². The van der Waals surface area contributed by atoms with E-state index in [0.29, 0.717) is 0 Å². The van der Waals surface area contributed by atoms with Crippen LogP contribution in [-0.2, 0) is 32.8 Å². The van der Waals surface area contributed by atoms with E-state index in [0.717, 1.165) is 0 Å². The van der Waals surface area contributed by atoms with Crippen molar-refractivity contribution in [3.63, 3.8) is 0 Å². The van der Waals surface area contributed by atoms with Crippen LogP contribution in [0.15, 0.2) is 11.8 Å². The molecule has 0 atom stereocenters. The summed E-state index contributed by atoms with van der Waals surface area (Å²) >= 11 is 0. The second-order valence-corrected chi connectivity index (χ2v) is 4.99. The summed E-state index contributed by atoms with van der Waals surface area (Å²) in [4.78, 5) is 13.5. The topological polar surface area (TPSA) is 117 Å². The van der Waals surface area contributed by atoms with Gasteiger partial charge in [-0.3, -0.25) is 0 Å². The first-order valence-electron chi connectivity index (χ1n) is 4.94. The smallest absolute Gasteiger partial charge is 0.477 e. The Labute approximate surface area is 107 Å². The van der Waals surface area contributed by atoms with E-state index < -0.39 is 14.7 Å². The van der Waals surface area contributed by atoms with Crippen LogP contribution < -0.4 is 11.5 Å². The summed E-state index contributed by atoms with van der Waals surface area (Å²) in [5, 5.41) is 0. The predicted octanol–water partition coefficient (Wildman–Crippen LogP) is -0.290. The third-order valence-corrected chi connectivity index (χ3v) is 3.17. The number of allylic oxidation sites excluding steroid dienone is 1. The van der Waals surface area contributed by atoms with Crippen molar-refractivity contribution < 1.29 is 32.8 Å². The van der Waals surface area contributed by atoms with Gasteiger partial charge in [0.15, 0.2) is 0 Å². The van der Waals surface area contributed by atoms with Crippen LogP contribution in [-0.4, -0.2) is 36.0 Å². The van der Waals surface area contributed by atoms with Crippen molar-refractivity contribution >= 4 is 9.05 Å². The molecule has 0 rings (SSSR count). The van der Waals surface area contributed by atoms with Crippen molar-refractivity contribution in [3.8, 4) is 0 Å². The van der Waals surface area contributed by atoms with Gasteiger partial charge in [-0.15, -0.1) is 0 Å². The molecule has 0 saturated heterocycles. The number of hydrogen-bond donors (Lipinski definition) is 2. The van der Waals surface area contributed by atoms with Gasteiger partial charge in [0.2, 0.25) is 0 Å². The molecule has 0 aliphatic heterocycles. The summed E-state index contributed by atoms with van der Waals surface area (Å²) in [6.45, 7) is 3.19. The van der Waals surface area contributed by atoms with Crippen molar-refractivity contribution in [2.75, 3.05) is 21.3 Å². The number of hydrogen-bond acceptors (Lipinski definition) is 9. The largest absolute Gasteiger partial charge is 0.834 e. The zero-order chi connectivity index (χ0) is 14.2. The summed E-state index contributed by atoms with van der Waals surface area (Å²) in [6, 6.07) is 0. The Morgan fingerprint density at radius 2 is 1.39 bits per heavy atom. The van der Waals surface area contributed by atoms with Crippen molar-refractivity contribution in [1.29, 1.82) is 0 Å². The molecule has 108 valence electrons. The van der Waals surface area contributed by atoms with Crippen LogP contribution in [0.4, 0.5) is 0 Å². The van der Waals surface area contributed by atoms with Crippen molar-refractivity contribution in [2.24, 2.45) is 11.5 Å². The molecule has 18 heavy (non-hydrogen) atoms. The van der Waals surface area contributed by atoms with Crippen molar-refractivity contribution in [1.82, 2.24) is 0 Å². The lowest BCUT2D eigenvalue weighted by atomic mass is 10.2. The monoisotopic (exact) mass is 284 g/mol. The molecule has 0 aromatic heterocycles. The van der Waals surface area contributed by atoms with E-state index in [1.807, 2.05) is 0 Å². The van der Waals surface area contributed by atoms with E-state index in [1.54, 1.807) is 6.92 Å². The molecule has 0 radical (unpaired) electrons. The summed E-state index contributed by atoms with van der Waals surface area (Å²) in [5.74, 6) is 0.153. The Kier molecular flexibility index (Phi) is 7.54. The van der Waals surface area contributed by atoms with Gasteiger partial charge in [-0.25, -0.2) is 14.7 Å². The van der Waals surface area contributed by atoms with Crippen LogP contribution in [0.3, 0.4) is 0 Å². The van der Waals surface area contributed by atoms with E-state index >= 15 is 0 Å². The zero-order valence-electron chi connectivity index (χ0n) is 11.1. The molecule has 0 saturated carbocycles. The van der Waals surface area contributed by atoms with Gasteiger partial charge in [-0.05, 0) is 19.9 Å². The molecule has 4 N–H and O–H groups in total. The molecule has 0 aromatic rings. The van der Waals surface area contributed by atoms with Gasteiger partial charge in [0.05, 0.1) is 21.3 Å². The molecule has 9 nitrogen and oxygen atoms in total. The first-order valence-corrected chi connectivity index (χ1v) is 6.57. The summed E-state index contributed by atoms with van der Waals surface area (Å²) in [6.07, 6.45) is 1.53. The minimum atomic E-state index is -3.88. The van der Waals surface area contributed by atoms with Gasteiger partial charge in [-0.2, -0.15) is 13.7 Å². The lowest BCUT2D eigenvalue weighted by Crippen LogP contribution is -2.55. The summed E-state index contributed by atoms with van der Waals surface area (Å²) < 4.78 is 19.8. The Morgan fingerprint density at radius 1 is 1.00 bits per heavy atom. The Morgan fingerprint density at radius 3 is 1.61 bits per heavy atom. The highest BCUT2D eigenvalue weighted by Crippen LogP contribution is 2.20. The molecule has 0 unspecified atom stereocenters. The van der Waals surface area contributed by atoms with Gasteiger partial charge in [0.1, 0.15) is 11.4 Å². The lowest BCUT2D eigenvalue weighted by Gasteiger charge is -2.29. The van der Waals surface area contributed by atoms with E-state index in [2.05, 4.69) is 14.7 Å². The SMILES string of the molecule is CC=C(O[Si](OOC)(OOC)OOC)C(C)(N)N. The fraction of sp³-hybridized carbons (Fsp3) is 0.750. The van der Waals surface area contributed by atoms with E-state index in [1.165, 1.54) is 34.3 Å². The standard InChI is InChI=1S/C8H20N2O7Si/c1-6-7(8(2,9)10)14-18(15-11-3,16-12-4)17-13-5/h6H,9-10H2,1-5H3. The molecular formula is C8H20N2O7Si. The Bertz CT molecular complexity index is 252. The maximum atomic E-state index is 5.70. The molecule has 0 aliphatic carbocycles.